The number of nitrogens with two attached hydrogens (primary N) is 1. The number of nitrogens with one attached hydrogen (secondary N) is 1. The fraction of sp³-hybridized carbons (Fsp3) is 0.444. The van der Waals surface area contributed by atoms with Gasteiger partial charge in [-0.1, -0.05) is 38.3 Å². The minimum absolute atomic E-state index is 0.0649. The predicted octanol–water partition coefficient (Wildman–Crippen LogP) is 4.17. The molecule has 0 heterocycles. The van der Waals surface area contributed by atoms with Crippen molar-refractivity contribution < 1.29 is 4.79 Å². The summed E-state index contributed by atoms with van der Waals surface area (Å²) in [4.78, 5) is 14.4. The summed E-state index contributed by atoms with van der Waals surface area (Å²) in [5.74, 6) is -0.470. The second kappa shape index (κ2) is 10.6. The quantitative estimate of drug-likeness (QED) is 0.398. The largest absolute Gasteiger partial charge is 0.399 e. The molecule has 6 heteroatoms. The van der Waals surface area contributed by atoms with Crippen molar-refractivity contribution >= 4 is 28.9 Å². The minimum Gasteiger partial charge on any atom is -0.399 e. The smallest absolute Gasteiger partial charge is 0.267 e. The van der Waals surface area contributed by atoms with Crippen molar-refractivity contribution in [3.05, 3.63) is 35.0 Å². The van der Waals surface area contributed by atoms with Crippen LogP contribution in [0.2, 0.25) is 5.02 Å². The number of carbonyl (C=O) groups excluding carboxylic acids is 1. The highest BCUT2D eigenvalue weighted by Gasteiger charge is 2.13. The molecule has 0 saturated heterocycles. The second-order valence-electron chi connectivity index (χ2n) is 5.59. The van der Waals surface area contributed by atoms with Gasteiger partial charge in [0.2, 0.25) is 0 Å². The number of hydrogen-bond donors (Lipinski definition) is 2. The Labute approximate surface area is 149 Å². The Morgan fingerprint density at radius 2 is 1.96 bits per heavy atom. The number of hydrogen-bond acceptors (Lipinski definition) is 4. The first-order valence-corrected chi connectivity index (χ1v) is 8.61. The molecule has 0 aromatic heterocycles. The SMILES string of the molecule is CCCCN(/C=C(/C#N)C(=O)Nc1ccc(N)cc1Cl)CCCC. The third kappa shape index (κ3) is 6.51. The third-order valence-electron chi connectivity index (χ3n) is 3.52. The highest BCUT2D eigenvalue weighted by molar-refractivity contribution is 6.34. The molecule has 5 nitrogen and oxygen atoms in total. The fourth-order valence-electron chi connectivity index (χ4n) is 2.11. The summed E-state index contributed by atoms with van der Waals surface area (Å²) in [5, 5.41) is 12.3. The molecule has 0 saturated carbocycles. The van der Waals surface area contributed by atoms with Crippen LogP contribution < -0.4 is 11.1 Å². The number of rotatable bonds is 9. The van der Waals surface area contributed by atoms with Gasteiger partial charge < -0.3 is 16.0 Å². The zero-order chi connectivity index (χ0) is 17.9. The van der Waals surface area contributed by atoms with Crippen molar-refractivity contribution in [2.24, 2.45) is 0 Å². The molecule has 1 aromatic carbocycles. The van der Waals surface area contributed by atoms with E-state index >= 15 is 0 Å². The van der Waals surface area contributed by atoms with Gasteiger partial charge in [-0.3, -0.25) is 4.79 Å². The summed E-state index contributed by atoms with van der Waals surface area (Å²) >= 11 is 6.06. The van der Waals surface area contributed by atoms with Crippen molar-refractivity contribution in [1.82, 2.24) is 4.90 Å². The van der Waals surface area contributed by atoms with Crippen LogP contribution in [0.4, 0.5) is 11.4 Å². The van der Waals surface area contributed by atoms with Gasteiger partial charge in [0, 0.05) is 25.0 Å². The molecule has 1 rings (SSSR count). The Kier molecular flexibility index (Phi) is 8.74. The van der Waals surface area contributed by atoms with Crippen LogP contribution in [0.25, 0.3) is 0 Å². The van der Waals surface area contributed by atoms with Crippen LogP contribution in [0.15, 0.2) is 30.0 Å². The molecule has 0 aliphatic carbocycles. The van der Waals surface area contributed by atoms with Crippen LogP contribution in [0.3, 0.4) is 0 Å². The molecule has 3 N–H and O–H groups in total. The first-order chi connectivity index (χ1) is 11.5. The van der Waals surface area contributed by atoms with Crippen molar-refractivity contribution in [2.45, 2.75) is 39.5 Å². The number of carbonyl (C=O) groups is 1. The molecule has 0 fully saturated rings. The van der Waals surface area contributed by atoms with Gasteiger partial charge in [-0.15, -0.1) is 0 Å². The maximum atomic E-state index is 12.3. The van der Waals surface area contributed by atoms with E-state index in [1.54, 1.807) is 24.4 Å². The van der Waals surface area contributed by atoms with Gasteiger partial charge in [-0.2, -0.15) is 5.26 Å². The average molecular weight is 349 g/mol. The zero-order valence-electron chi connectivity index (χ0n) is 14.3. The molecule has 1 amide bonds. The Hall–Kier alpha value is -2.19. The van der Waals surface area contributed by atoms with E-state index < -0.39 is 5.91 Å². The van der Waals surface area contributed by atoms with Gasteiger partial charge in [0.05, 0.1) is 10.7 Å². The zero-order valence-corrected chi connectivity index (χ0v) is 15.1. The molecule has 1 aromatic rings. The number of nitriles is 1. The third-order valence-corrected chi connectivity index (χ3v) is 3.83. The van der Waals surface area contributed by atoms with E-state index in [1.165, 1.54) is 0 Å². The summed E-state index contributed by atoms with van der Waals surface area (Å²) in [6.45, 7) is 5.89. The number of halogens is 1. The molecule has 0 aliphatic rings. The molecule has 0 atom stereocenters. The summed E-state index contributed by atoms with van der Waals surface area (Å²) in [5.41, 5.74) is 6.65. The highest BCUT2D eigenvalue weighted by Crippen LogP contribution is 2.24. The summed E-state index contributed by atoms with van der Waals surface area (Å²) in [6, 6.07) is 6.80. The number of unbranched alkanes of at least 4 members (excludes halogenated alkanes) is 2. The van der Waals surface area contributed by atoms with Crippen LogP contribution in [0, 0.1) is 11.3 Å². The van der Waals surface area contributed by atoms with E-state index in [4.69, 9.17) is 17.3 Å². The Balaban J connectivity index is 2.87. The Bertz CT molecular complexity index is 614. The molecule has 0 radical (unpaired) electrons. The molecular formula is C18H25ClN4O. The number of nitrogen functional groups attached to an aromatic ring is 1. The first kappa shape index (κ1) is 19.9. The molecular weight excluding hydrogens is 324 g/mol. The molecule has 0 bridgehead atoms. The van der Waals surface area contributed by atoms with Gasteiger partial charge in [-0.05, 0) is 31.0 Å². The maximum absolute atomic E-state index is 12.3. The molecule has 0 spiro atoms. The van der Waals surface area contributed by atoms with Crippen LogP contribution in [-0.2, 0) is 4.79 Å². The lowest BCUT2D eigenvalue weighted by Crippen LogP contribution is -2.23. The van der Waals surface area contributed by atoms with Gasteiger partial charge in [0.15, 0.2) is 0 Å². The number of nitrogens with zero attached hydrogens (tertiary/aromatic N) is 2. The molecule has 0 unspecified atom stereocenters. The number of benzene rings is 1. The van der Waals surface area contributed by atoms with Crippen LogP contribution >= 0.6 is 11.6 Å². The lowest BCUT2D eigenvalue weighted by atomic mass is 10.2. The lowest BCUT2D eigenvalue weighted by molar-refractivity contribution is -0.112. The number of anilines is 2. The maximum Gasteiger partial charge on any atom is 0.267 e. The van der Waals surface area contributed by atoms with E-state index in [0.717, 1.165) is 38.8 Å². The van der Waals surface area contributed by atoms with Crippen LogP contribution in [0.5, 0.6) is 0 Å². The molecule has 24 heavy (non-hydrogen) atoms. The van der Waals surface area contributed by atoms with Gasteiger partial charge in [-0.25, -0.2) is 0 Å². The van der Waals surface area contributed by atoms with E-state index in [1.807, 2.05) is 11.0 Å². The van der Waals surface area contributed by atoms with Crippen LogP contribution in [0.1, 0.15) is 39.5 Å². The van der Waals surface area contributed by atoms with E-state index in [9.17, 15) is 10.1 Å². The molecule has 0 aliphatic heterocycles. The minimum atomic E-state index is -0.470. The van der Waals surface area contributed by atoms with Crippen molar-refractivity contribution in [3.63, 3.8) is 0 Å². The summed E-state index contributed by atoms with van der Waals surface area (Å²) in [7, 11) is 0. The summed E-state index contributed by atoms with van der Waals surface area (Å²) in [6.07, 6.45) is 5.80. The fourth-order valence-corrected chi connectivity index (χ4v) is 2.34. The molecule has 130 valence electrons. The van der Waals surface area contributed by atoms with Crippen LogP contribution in [-0.4, -0.2) is 23.9 Å². The average Bonchev–Trinajstić information content (AvgIpc) is 2.56. The monoisotopic (exact) mass is 348 g/mol. The van der Waals surface area contributed by atoms with Gasteiger partial charge in [0.25, 0.3) is 5.91 Å². The van der Waals surface area contributed by atoms with Crippen molar-refractivity contribution in [1.29, 1.82) is 5.26 Å². The highest BCUT2D eigenvalue weighted by atomic mass is 35.5. The standard InChI is InChI=1S/C18H25ClN4O/c1-3-5-9-23(10-6-4-2)13-14(12-20)18(24)22-17-8-7-15(21)11-16(17)19/h7-8,11,13H,3-6,9-10,21H2,1-2H3,(H,22,24)/b14-13-. The van der Waals surface area contributed by atoms with E-state index in [0.29, 0.717) is 16.4 Å². The predicted molar refractivity (Wildman–Crippen MR) is 99.6 cm³/mol. The number of amides is 1. The topological polar surface area (TPSA) is 82.2 Å². The first-order valence-electron chi connectivity index (χ1n) is 8.24. The summed E-state index contributed by atoms with van der Waals surface area (Å²) < 4.78 is 0. The van der Waals surface area contributed by atoms with Gasteiger partial charge >= 0.3 is 0 Å². The van der Waals surface area contributed by atoms with E-state index in [-0.39, 0.29) is 5.57 Å². The Morgan fingerprint density at radius 1 is 1.33 bits per heavy atom. The van der Waals surface area contributed by atoms with E-state index in [2.05, 4.69) is 19.2 Å². The normalized spacial score (nSPS) is 11.0. The van der Waals surface area contributed by atoms with Gasteiger partial charge in [0.1, 0.15) is 11.6 Å². The second-order valence-corrected chi connectivity index (χ2v) is 6.00. The van der Waals surface area contributed by atoms with Crippen molar-refractivity contribution in [3.8, 4) is 6.07 Å². The lowest BCUT2D eigenvalue weighted by Gasteiger charge is -2.20. The Morgan fingerprint density at radius 3 is 2.46 bits per heavy atom. The van der Waals surface area contributed by atoms with Crippen molar-refractivity contribution in [2.75, 3.05) is 24.1 Å².